The molecule has 0 bridgehead atoms. The number of aromatic nitrogens is 4. The highest BCUT2D eigenvalue weighted by molar-refractivity contribution is 5.96. The molecule has 2 amide bonds. The molecule has 1 aliphatic heterocycles. The van der Waals surface area contributed by atoms with Crippen molar-refractivity contribution in [2.45, 2.75) is 33.4 Å². The van der Waals surface area contributed by atoms with Gasteiger partial charge in [-0.3, -0.25) is 19.1 Å². The third-order valence-corrected chi connectivity index (χ3v) is 5.96. The molecule has 9 nitrogen and oxygen atoms in total. The Kier molecular flexibility index (Phi) is 5.73. The number of fused-ring (bicyclic) bond motifs is 1. The highest BCUT2D eigenvalue weighted by Crippen LogP contribution is 2.22. The number of nitrogens with zero attached hydrogens (tertiary/aromatic N) is 5. The summed E-state index contributed by atoms with van der Waals surface area (Å²) in [5.41, 5.74) is 3.96. The largest absolute Gasteiger partial charge is 0.350 e. The fraction of sp³-hybridized carbons (Fsp3) is 0.391. The Morgan fingerprint density at radius 3 is 2.62 bits per heavy atom. The predicted octanol–water partition coefficient (Wildman–Crippen LogP) is 1.17. The van der Waals surface area contributed by atoms with E-state index in [2.05, 4.69) is 10.4 Å². The zero-order chi connectivity index (χ0) is 23.0. The van der Waals surface area contributed by atoms with E-state index in [1.54, 1.807) is 28.8 Å². The first-order valence-corrected chi connectivity index (χ1v) is 10.7. The van der Waals surface area contributed by atoms with Gasteiger partial charge in [-0.05, 0) is 49.6 Å². The van der Waals surface area contributed by atoms with E-state index in [1.807, 2.05) is 43.9 Å². The minimum absolute atomic E-state index is 0.0621. The molecule has 3 aromatic heterocycles. The van der Waals surface area contributed by atoms with E-state index < -0.39 is 0 Å². The van der Waals surface area contributed by atoms with E-state index in [1.165, 1.54) is 4.57 Å². The van der Waals surface area contributed by atoms with Crippen molar-refractivity contribution < 1.29 is 9.59 Å². The molecule has 0 radical (unpaired) electrons. The highest BCUT2D eigenvalue weighted by atomic mass is 16.2. The third kappa shape index (κ3) is 3.98. The van der Waals surface area contributed by atoms with Crippen LogP contribution >= 0.6 is 0 Å². The molecule has 0 aliphatic carbocycles. The van der Waals surface area contributed by atoms with Crippen molar-refractivity contribution in [1.29, 1.82) is 0 Å². The molecular weight excluding hydrogens is 408 g/mol. The van der Waals surface area contributed by atoms with Gasteiger partial charge in [-0.2, -0.15) is 5.10 Å². The van der Waals surface area contributed by atoms with Crippen molar-refractivity contribution >= 4 is 11.8 Å². The van der Waals surface area contributed by atoms with Gasteiger partial charge in [0.1, 0.15) is 11.3 Å². The smallest absolute Gasteiger partial charge is 0.270 e. The van der Waals surface area contributed by atoms with Crippen LogP contribution in [-0.2, 0) is 33.6 Å². The maximum absolute atomic E-state index is 13.0. The van der Waals surface area contributed by atoms with E-state index in [-0.39, 0.29) is 22.9 Å². The van der Waals surface area contributed by atoms with E-state index in [4.69, 9.17) is 0 Å². The summed E-state index contributed by atoms with van der Waals surface area (Å²) in [4.78, 5) is 40.5. The van der Waals surface area contributed by atoms with Gasteiger partial charge in [-0.15, -0.1) is 0 Å². The highest BCUT2D eigenvalue weighted by Gasteiger charge is 2.28. The van der Waals surface area contributed by atoms with Gasteiger partial charge < -0.3 is 19.4 Å². The topological polar surface area (TPSA) is 94.2 Å². The lowest BCUT2D eigenvalue weighted by atomic mass is 9.96. The minimum Gasteiger partial charge on any atom is -0.350 e. The van der Waals surface area contributed by atoms with Crippen LogP contribution < -0.4 is 10.9 Å². The summed E-state index contributed by atoms with van der Waals surface area (Å²) in [6.07, 6.45) is 4.03. The monoisotopic (exact) mass is 436 g/mol. The molecule has 9 heteroatoms. The molecule has 32 heavy (non-hydrogen) atoms. The van der Waals surface area contributed by atoms with Crippen molar-refractivity contribution in [2.75, 3.05) is 13.1 Å². The van der Waals surface area contributed by atoms with Gasteiger partial charge in [0.05, 0.1) is 12.2 Å². The predicted molar refractivity (Wildman–Crippen MR) is 120 cm³/mol. The number of pyridine rings is 1. The Bertz CT molecular complexity index is 1250. The molecule has 0 spiro atoms. The molecule has 0 aromatic carbocycles. The number of carbonyl (C=O) groups excluding carboxylic acids is 2. The normalized spacial score (nSPS) is 13.2. The quantitative estimate of drug-likeness (QED) is 0.650. The molecule has 0 saturated carbocycles. The molecule has 0 fully saturated rings. The number of hydrogen-bond donors (Lipinski definition) is 1. The van der Waals surface area contributed by atoms with Gasteiger partial charge in [0.25, 0.3) is 17.4 Å². The summed E-state index contributed by atoms with van der Waals surface area (Å²) >= 11 is 0. The van der Waals surface area contributed by atoms with Gasteiger partial charge in [-0.1, -0.05) is 0 Å². The van der Waals surface area contributed by atoms with Crippen LogP contribution in [0, 0.1) is 13.8 Å². The summed E-state index contributed by atoms with van der Waals surface area (Å²) in [6.45, 7) is 5.60. The molecule has 1 aliphatic rings. The van der Waals surface area contributed by atoms with Crippen LogP contribution in [-0.4, -0.2) is 48.7 Å². The average Bonchev–Trinajstić information content (AvgIpc) is 3.32. The molecule has 4 heterocycles. The zero-order valence-electron chi connectivity index (χ0n) is 18.9. The number of carbonyl (C=O) groups is 2. The second-order valence-corrected chi connectivity index (χ2v) is 8.31. The lowest BCUT2D eigenvalue weighted by Crippen LogP contribution is -2.41. The molecule has 3 aromatic rings. The van der Waals surface area contributed by atoms with Gasteiger partial charge in [-0.25, -0.2) is 0 Å². The Labute approximate surface area is 186 Å². The van der Waals surface area contributed by atoms with Crippen molar-refractivity contribution in [3.05, 3.63) is 74.7 Å². The Hall–Kier alpha value is -3.62. The number of nitrogens with one attached hydrogen (secondary N) is 1. The lowest BCUT2D eigenvalue weighted by Gasteiger charge is -2.30. The van der Waals surface area contributed by atoms with Gasteiger partial charge in [0, 0.05) is 51.8 Å². The van der Waals surface area contributed by atoms with E-state index in [0.717, 1.165) is 22.5 Å². The number of hydrogen-bond acceptors (Lipinski definition) is 4. The second-order valence-electron chi connectivity index (χ2n) is 8.31. The first kappa shape index (κ1) is 21.6. The molecule has 0 saturated heterocycles. The van der Waals surface area contributed by atoms with E-state index >= 15 is 0 Å². The van der Waals surface area contributed by atoms with Crippen LogP contribution in [0.2, 0.25) is 0 Å². The van der Waals surface area contributed by atoms with Crippen LogP contribution in [0.15, 0.2) is 35.4 Å². The zero-order valence-corrected chi connectivity index (χ0v) is 18.9. The fourth-order valence-electron chi connectivity index (χ4n) is 4.31. The number of rotatable bonds is 5. The van der Waals surface area contributed by atoms with Crippen molar-refractivity contribution in [3.8, 4) is 0 Å². The van der Waals surface area contributed by atoms with Crippen molar-refractivity contribution in [1.82, 2.24) is 29.1 Å². The molecule has 4 rings (SSSR count). The second kappa shape index (κ2) is 8.49. The first-order chi connectivity index (χ1) is 15.3. The lowest BCUT2D eigenvalue weighted by molar-refractivity contribution is 0.0724. The Morgan fingerprint density at radius 1 is 1.19 bits per heavy atom. The number of aryl methyl sites for hydroxylation is 4. The van der Waals surface area contributed by atoms with Crippen molar-refractivity contribution in [3.63, 3.8) is 0 Å². The van der Waals surface area contributed by atoms with Crippen LogP contribution in [0.25, 0.3) is 0 Å². The first-order valence-electron chi connectivity index (χ1n) is 10.7. The van der Waals surface area contributed by atoms with Crippen molar-refractivity contribution in [2.24, 2.45) is 14.1 Å². The van der Waals surface area contributed by atoms with Crippen LogP contribution in [0.3, 0.4) is 0 Å². The summed E-state index contributed by atoms with van der Waals surface area (Å²) in [5.74, 6) is -0.445. The maximum Gasteiger partial charge on any atom is 0.270 e. The third-order valence-electron chi connectivity index (χ3n) is 5.96. The van der Waals surface area contributed by atoms with Gasteiger partial charge >= 0.3 is 0 Å². The van der Waals surface area contributed by atoms with Gasteiger partial charge in [0.2, 0.25) is 0 Å². The summed E-state index contributed by atoms with van der Waals surface area (Å²) < 4.78 is 5.05. The Balaban J connectivity index is 1.53. The summed E-state index contributed by atoms with van der Waals surface area (Å²) in [7, 11) is 3.47. The fourth-order valence-corrected chi connectivity index (χ4v) is 4.31. The van der Waals surface area contributed by atoms with Crippen LogP contribution in [0.4, 0.5) is 0 Å². The molecule has 168 valence electrons. The standard InChI is InChI=1S/C23H28N6O3/c1-15-12-16(2)29(25-15)11-8-24-21(30)20-18-7-10-28(14-17(18)13-27(4)23(20)32)22(31)19-6-5-9-26(19)3/h5-6,9,12-13H,7-8,10-11,14H2,1-4H3,(H,24,30). The molecule has 0 atom stereocenters. The molecule has 1 N–H and O–H groups in total. The Morgan fingerprint density at radius 2 is 1.97 bits per heavy atom. The minimum atomic E-state index is -0.383. The average molecular weight is 437 g/mol. The van der Waals surface area contributed by atoms with E-state index in [9.17, 15) is 14.4 Å². The maximum atomic E-state index is 13.0. The summed E-state index contributed by atoms with van der Waals surface area (Å²) in [5, 5.41) is 7.26. The number of amides is 2. The van der Waals surface area contributed by atoms with Gasteiger partial charge in [0.15, 0.2) is 0 Å². The van der Waals surface area contributed by atoms with Crippen LogP contribution in [0.1, 0.15) is 43.4 Å². The van der Waals surface area contributed by atoms with Crippen LogP contribution in [0.5, 0.6) is 0 Å². The molecule has 0 unspecified atom stereocenters. The SMILES string of the molecule is Cc1cc(C)n(CCNC(=O)c2c3c(cn(C)c2=O)CN(C(=O)c2cccn2C)CC3)n1. The summed E-state index contributed by atoms with van der Waals surface area (Å²) in [6, 6.07) is 5.61. The van der Waals surface area contributed by atoms with E-state index in [0.29, 0.717) is 38.3 Å². The molecular formula is C23H28N6O3.